The third-order valence-electron chi connectivity index (χ3n) is 2.62. The number of para-hydroxylation sites is 1. The third-order valence-corrected chi connectivity index (χ3v) is 2.95. The van der Waals surface area contributed by atoms with Gasteiger partial charge < -0.3 is 16.4 Å². The molecule has 0 fully saturated rings. The minimum atomic E-state index is -0.324. The summed E-state index contributed by atoms with van der Waals surface area (Å²) >= 11 is 5.93. The Bertz CT molecular complexity index is 599. The second-order valence-electron chi connectivity index (χ2n) is 4.13. The van der Waals surface area contributed by atoms with E-state index in [1.54, 1.807) is 12.1 Å². The zero-order valence-electron chi connectivity index (χ0n) is 10.4. The highest BCUT2D eigenvalue weighted by molar-refractivity contribution is 6.33. The highest BCUT2D eigenvalue weighted by Crippen LogP contribution is 2.26. The zero-order valence-corrected chi connectivity index (χ0v) is 11.2. The summed E-state index contributed by atoms with van der Waals surface area (Å²) in [7, 11) is 0. The van der Waals surface area contributed by atoms with E-state index in [1.165, 1.54) is 0 Å². The van der Waals surface area contributed by atoms with Gasteiger partial charge in [0.1, 0.15) is 0 Å². The van der Waals surface area contributed by atoms with Crippen LogP contribution in [0.5, 0.6) is 0 Å². The fourth-order valence-corrected chi connectivity index (χ4v) is 1.81. The van der Waals surface area contributed by atoms with E-state index in [1.807, 2.05) is 37.3 Å². The fourth-order valence-electron chi connectivity index (χ4n) is 1.64. The zero-order chi connectivity index (χ0) is 13.8. The second-order valence-corrected chi connectivity index (χ2v) is 4.54. The average molecular weight is 276 g/mol. The molecule has 0 saturated heterocycles. The molecule has 98 valence electrons. The molecule has 2 rings (SSSR count). The van der Waals surface area contributed by atoms with Crippen molar-refractivity contribution in [3.05, 3.63) is 53.1 Å². The number of nitrogens with two attached hydrogens (primary N) is 1. The Morgan fingerprint density at radius 3 is 2.53 bits per heavy atom. The van der Waals surface area contributed by atoms with Crippen LogP contribution in [0.25, 0.3) is 0 Å². The monoisotopic (exact) mass is 275 g/mol. The van der Waals surface area contributed by atoms with E-state index in [2.05, 4.69) is 10.6 Å². The molecule has 0 atom stereocenters. The first-order valence-electron chi connectivity index (χ1n) is 5.75. The summed E-state index contributed by atoms with van der Waals surface area (Å²) in [5.41, 5.74) is 8.38. The number of benzene rings is 2. The Labute approximate surface area is 116 Å². The number of anilines is 3. The van der Waals surface area contributed by atoms with Crippen molar-refractivity contribution in [3.8, 4) is 0 Å². The minimum absolute atomic E-state index is 0.324. The molecular weight excluding hydrogens is 262 g/mol. The number of rotatable bonds is 2. The SMILES string of the molecule is Cc1cc(N)c(Cl)cc1NC(=O)Nc1ccccc1. The van der Waals surface area contributed by atoms with Gasteiger partial charge in [-0.05, 0) is 36.8 Å². The minimum Gasteiger partial charge on any atom is -0.398 e. The molecule has 19 heavy (non-hydrogen) atoms. The van der Waals surface area contributed by atoms with E-state index < -0.39 is 0 Å². The Balaban J connectivity index is 2.09. The van der Waals surface area contributed by atoms with Crippen molar-refractivity contribution in [3.63, 3.8) is 0 Å². The lowest BCUT2D eigenvalue weighted by Gasteiger charge is -2.11. The van der Waals surface area contributed by atoms with E-state index in [9.17, 15) is 4.79 Å². The fraction of sp³-hybridized carbons (Fsp3) is 0.0714. The van der Waals surface area contributed by atoms with Crippen LogP contribution < -0.4 is 16.4 Å². The number of urea groups is 1. The van der Waals surface area contributed by atoms with Crippen LogP contribution in [-0.4, -0.2) is 6.03 Å². The summed E-state index contributed by atoms with van der Waals surface area (Å²) in [5, 5.41) is 5.88. The predicted molar refractivity (Wildman–Crippen MR) is 79.7 cm³/mol. The molecule has 2 amide bonds. The lowest BCUT2D eigenvalue weighted by Crippen LogP contribution is -2.20. The number of halogens is 1. The summed E-state index contributed by atoms with van der Waals surface area (Å²) in [5.74, 6) is 0. The topological polar surface area (TPSA) is 67.1 Å². The quantitative estimate of drug-likeness (QED) is 0.728. The van der Waals surface area contributed by atoms with Crippen LogP contribution in [0.1, 0.15) is 5.56 Å². The molecule has 0 spiro atoms. The predicted octanol–water partition coefficient (Wildman–Crippen LogP) is 3.87. The number of nitrogens with one attached hydrogen (secondary N) is 2. The lowest BCUT2D eigenvalue weighted by atomic mass is 10.2. The molecule has 0 aromatic heterocycles. The molecule has 0 saturated carbocycles. The maximum absolute atomic E-state index is 11.8. The number of hydrogen-bond donors (Lipinski definition) is 3. The van der Waals surface area contributed by atoms with Gasteiger partial charge in [0.15, 0.2) is 0 Å². The van der Waals surface area contributed by atoms with Gasteiger partial charge in [0.05, 0.1) is 10.7 Å². The van der Waals surface area contributed by atoms with E-state index in [0.29, 0.717) is 16.4 Å². The Hall–Kier alpha value is -2.20. The van der Waals surface area contributed by atoms with Crippen LogP contribution >= 0.6 is 11.6 Å². The largest absolute Gasteiger partial charge is 0.398 e. The first-order valence-corrected chi connectivity index (χ1v) is 6.13. The summed E-state index contributed by atoms with van der Waals surface area (Å²) in [6.45, 7) is 1.85. The number of hydrogen-bond acceptors (Lipinski definition) is 2. The molecule has 0 radical (unpaired) electrons. The molecule has 0 heterocycles. The van der Waals surface area contributed by atoms with E-state index in [0.717, 1.165) is 11.3 Å². The Morgan fingerprint density at radius 1 is 1.16 bits per heavy atom. The summed E-state index contributed by atoms with van der Waals surface area (Å²) < 4.78 is 0. The summed E-state index contributed by atoms with van der Waals surface area (Å²) in [6.07, 6.45) is 0. The van der Waals surface area contributed by atoms with Gasteiger partial charge in [0, 0.05) is 11.4 Å². The smallest absolute Gasteiger partial charge is 0.323 e. The lowest BCUT2D eigenvalue weighted by molar-refractivity contribution is 0.262. The molecular formula is C14H14ClN3O. The van der Waals surface area contributed by atoms with Gasteiger partial charge in [0.2, 0.25) is 0 Å². The van der Waals surface area contributed by atoms with Gasteiger partial charge in [-0.15, -0.1) is 0 Å². The maximum atomic E-state index is 11.8. The number of amides is 2. The molecule has 2 aromatic carbocycles. The van der Waals surface area contributed by atoms with Crippen LogP contribution in [0.3, 0.4) is 0 Å². The van der Waals surface area contributed by atoms with Crippen molar-refractivity contribution in [2.75, 3.05) is 16.4 Å². The van der Waals surface area contributed by atoms with Gasteiger partial charge in [-0.2, -0.15) is 0 Å². The molecule has 4 N–H and O–H groups in total. The first kappa shape index (κ1) is 13.2. The molecule has 2 aromatic rings. The van der Waals surface area contributed by atoms with Crippen molar-refractivity contribution in [2.24, 2.45) is 0 Å². The Kier molecular flexibility index (Phi) is 3.92. The summed E-state index contributed by atoms with van der Waals surface area (Å²) in [4.78, 5) is 11.8. The van der Waals surface area contributed by atoms with Crippen molar-refractivity contribution < 1.29 is 4.79 Å². The number of carbonyl (C=O) groups is 1. The van der Waals surface area contributed by atoms with Crippen LogP contribution in [0, 0.1) is 6.92 Å². The van der Waals surface area contributed by atoms with Gasteiger partial charge in [-0.3, -0.25) is 0 Å². The highest BCUT2D eigenvalue weighted by atomic mass is 35.5. The third kappa shape index (κ3) is 3.39. The normalized spacial score (nSPS) is 10.0. The molecule has 0 bridgehead atoms. The van der Waals surface area contributed by atoms with Crippen LogP contribution in [0.2, 0.25) is 5.02 Å². The van der Waals surface area contributed by atoms with Gasteiger partial charge in [-0.25, -0.2) is 4.79 Å². The van der Waals surface area contributed by atoms with Crippen molar-refractivity contribution in [1.29, 1.82) is 0 Å². The van der Waals surface area contributed by atoms with E-state index in [-0.39, 0.29) is 6.03 Å². The highest BCUT2D eigenvalue weighted by Gasteiger charge is 2.07. The Morgan fingerprint density at radius 2 is 1.84 bits per heavy atom. The van der Waals surface area contributed by atoms with Gasteiger partial charge in [-0.1, -0.05) is 29.8 Å². The summed E-state index contributed by atoms with van der Waals surface area (Å²) in [6, 6.07) is 12.2. The molecule has 0 aliphatic carbocycles. The van der Waals surface area contributed by atoms with Crippen LogP contribution in [0.4, 0.5) is 21.9 Å². The van der Waals surface area contributed by atoms with Crippen molar-refractivity contribution >= 4 is 34.7 Å². The second kappa shape index (κ2) is 5.63. The van der Waals surface area contributed by atoms with Crippen LogP contribution in [-0.2, 0) is 0 Å². The molecule has 0 aliphatic rings. The molecule has 0 unspecified atom stereocenters. The average Bonchev–Trinajstić information content (AvgIpc) is 2.37. The van der Waals surface area contributed by atoms with Crippen molar-refractivity contribution in [1.82, 2.24) is 0 Å². The number of aryl methyl sites for hydroxylation is 1. The number of nitrogen functional groups attached to an aromatic ring is 1. The number of carbonyl (C=O) groups excluding carboxylic acids is 1. The standard InChI is InChI=1S/C14H14ClN3O/c1-9-7-12(16)11(15)8-13(9)18-14(19)17-10-5-3-2-4-6-10/h2-8H,16H2,1H3,(H2,17,18,19). The van der Waals surface area contributed by atoms with Crippen LogP contribution in [0.15, 0.2) is 42.5 Å². The molecule has 0 aliphatic heterocycles. The van der Waals surface area contributed by atoms with E-state index >= 15 is 0 Å². The maximum Gasteiger partial charge on any atom is 0.323 e. The van der Waals surface area contributed by atoms with E-state index in [4.69, 9.17) is 17.3 Å². The van der Waals surface area contributed by atoms with Gasteiger partial charge in [0.25, 0.3) is 0 Å². The first-order chi connectivity index (χ1) is 9.06. The molecule has 5 heteroatoms. The van der Waals surface area contributed by atoms with Crippen molar-refractivity contribution in [2.45, 2.75) is 6.92 Å². The molecule has 4 nitrogen and oxygen atoms in total. The van der Waals surface area contributed by atoms with Gasteiger partial charge >= 0.3 is 6.03 Å².